The summed E-state index contributed by atoms with van der Waals surface area (Å²) >= 11 is 0. The number of nitrogens with zero attached hydrogens (tertiary/aromatic N) is 3. The standard InChI is InChI=1S/C23H29F5N4O3/c1-15(13-29-17-6-8-19(9-7-17)35-21(24)25)32(22(33)34)18(12-16-4-2-3-5-16)14-31-11-10-20(30-31)23(26,27)28/h6-11,15-16,18,21,29H,2-5,12-14H2,1H3,(H,33,34)/t15-,18-/m0/s1. The van der Waals surface area contributed by atoms with Gasteiger partial charge in [-0.25, -0.2) is 4.79 Å². The van der Waals surface area contributed by atoms with Crippen molar-refractivity contribution in [3.63, 3.8) is 0 Å². The fourth-order valence-electron chi connectivity index (χ4n) is 4.56. The average molecular weight is 505 g/mol. The molecule has 0 unspecified atom stereocenters. The van der Waals surface area contributed by atoms with E-state index < -0.39 is 36.7 Å². The third-order valence-electron chi connectivity index (χ3n) is 6.18. The number of anilines is 1. The van der Waals surface area contributed by atoms with Crippen LogP contribution in [0, 0.1) is 5.92 Å². The van der Waals surface area contributed by atoms with Crippen LogP contribution in [0.15, 0.2) is 36.5 Å². The number of alkyl halides is 5. The smallest absolute Gasteiger partial charge is 0.435 e. The molecule has 2 N–H and O–H groups in total. The molecule has 1 heterocycles. The number of carbonyl (C=O) groups is 1. The van der Waals surface area contributed by atoms with Crippen molar-refractivity contribution >= 4 is 11.8 Å². The molecule has 1 aliphatic carbocycles. The SMILES string of the molecule is C[C@@H](CNc1ccc(OC(F)F)cc1)N(C(=O)O)[C@@H](CC1CCCC1)Cn1ccc(C(F)(F)F)n1. The van der Waals surface area contributed by atoms with Crippen LogP contribution in [0.4, 0.5) is 32.4 Å². The fourth-order valence-corrected chi connectivity index (χ4v) is 4.56. The lowest BCUT2D eigenvalue weighted by atomic mass is 9.96. The minimum absolute atomic E-state index is 0.000151. The van der Waals surface area contributed by atoms with E-state index in [1.54, 1.807) is 6.92 Å². The maximum Gasteiger partial charge on any atom is 0.435 e. The highest BCUT2D eigenvalue weighted by atomic mass is 19.4. The Morgan fingerprint density at radius 1 is 1.23 bits per heavy atom. The molecule has 194 valence electrons. The summed E-state index contributed by atoms with van der Waals surface area (Å²) in [6.45, 7) is -1.02. The van der Waals surface area contributed by atoms with Gasteiger partial charge in [-0.2, -0.15) is 27.1 Å². The van der Waals surface area contributed by atoms with Crippen molar-refractivity contribution in [2.24, 2.45) is 5.92 Å². The summed E-state index contributed by atoms with van der Waals surface area (Å²) in [5.74, 6) is 0.293. The van der Waals surface area contributed by atoms with Gasteiger partial charge in [-0.15, -0.1) is 0 Å². The Kier molecular flexibility index (Phi) is 8.79. The van der Waals surface area contributed by atoms with Gasteiger partial charge < -0.3 is 15.2 Å². The number of nitrogens with one attached hydrogen (secondary N) is 1. The summed E-state index contributed by atoms with van der Waals surface area (Å²) in [6, 6.07) is 5.58. The molecule has 0 radical (unpaired) electrons. The van der Waals surface area contributed by atoms with E-state index in [1.807, 2.05) is 0 Å². The second-order valence-electron chi connectivity index (χ2n) is 8.78. The normalized spacial score (nSPS) is 16.3. The second kappa shape index (κ2) is 11.6. The van der Waals surface area contributed by atoms with E-state index in [0.717, 1.165) is 36.4 Å². The average Bonchev–Trinajstić information content (AvgIpc) is 3.45. The predicted octanol–water partition coefficient (Wildman–Crippen LogP) is 5.93. The Labute approximate surface area is 199 Å². The number of hydrogen-bond donors (Lipinski definition) is 2. The quantitative estimate of drug-likeness (QED) is 0.371. The Morgan fingerprint density at radius 2 is 1.89 bits per heavy atom. The molecule has 1 amide bonds. The number of amides is 1. The van der Waals surface area contributed by atoms with E-state index in [4.69, 9.17) is 0 Å². The number of rotatable bonds is 11. The van der Waals surface area contributed by atoms with Crippen LogP contribution in [-0.4, -0.2) is 51.1 Å². The largest absolute Gasteiger partial charge is 0.465 e. The molecule has 0 saturated heterocycles. The molecule has 3 rings (SSSR count). The maximum absolute atomic E-state index is 13.0. The summed E-state index contributed by atoms with van der Waals surface area (Å²) in [5.41, 5.74) is -0.439. The molecule has 1 aliphatic rings. The topological polar surface area (TPSA) is 79.6 Å². The zero-order valence-corrected chi connectivity index (χ0v) is 19.2. The van der Waals surface area contributed by atoms with Crippen LogP contribution in [0.1, 0.15) is 44.7 Å². The monoisotopic (exact) mass is 504 g/mol. The van der Waals surface area contributed by atoms with Crippen molar-refractivity contribution in [3.05, 3.63) is 42.2 Å². The molecular formula is C23H29F5N4O3. The molecule has 1 aromatic carbocycles. The summed E-state index contributed by atoms with van der Waals surface area (Å²) < 4.78 is 69.1. The molecule has 1 saturated carbocycles. The molecular weight excluding hydrogens is 475 g/mol. The van der Waals surface area contributed by atoms with E-state index in [-0.39, 0.29) is 18.8 Å². The van der Waals surface area contributed by atoms with Crippen molar-refractivity contribution in [3.8, 4) is 5.75 Å². The minimum Gasteiger partial charge on any atom is -0.465 e. The Bertz CT molecular complexity index is 945. The van der Waals surface area contributed by atoms with Crippen molar-refractivity contribution in [2.75, 3.05) is 11.9 Å². The second-order valence-corrected chi connectivity index (χ2v) is 8.78. The Hall–Kier alpha value is -3.05. The predicted molar refractivity (Wildman–Crippen MR) is 118 cm³/mol. The van der Waals surface area contributed by atoms with Crippen LogP contribution in [0.25, 0.3) is 0 Å². The number of halogens is 5. The molecule has 7 nitrogen and oxygen atoms in total. The van der Waals surface area contributed by atoms with Gasteiger partial charge in [0.1, 0.15) is 5.75 Å². The zero-order valence-electron chi connectivity index (χ0n) is 19.2. The number of carboxylic acid groups (broad SMARTS) is 1. The van der Waals surface area contributed by atoms with Gasteiger partial charge in [-0.3, -0.25) is 9.58 Å². The van der Waals surface area contributed by atoms with E-state index >= 15 is 0 Å². The third kappa shape index (κ3) is 7.72. The van der Waals surface area contributed by atoms with Gasteiger partial charge >= 0.3 is 18.9 Å². The van der Waals surface area contributed by atoms with Crippen LogP contribution in [0.3, 0.4) is 0 Å². The summed E-state index contributed by atoms with van der Waals surface area (Å²) in [5, 5.41) is 16.7. The first-order chi connectivity index (χ1) is 16.5. The maximum atomic E-state index is 13.0. The van der Waals surface area contributed by atoms with Gasteiger partial charge in [-0.1, -0.05) is 25.7 Å². The molecule has 35 heavy (non-hydrogen) atoms. The van der Waals surface area contributed by atoms with E-state index in [2.05, 4.69) is 15.2 Å². The zero-order chi connectivity index (χ0) is 25.6. The van der Waals surface area contributed by atoms with Gasteiger partial charge in [0.15, 0.2) is 5.69 Å². The van der Waals surface area contributed by atoms with Crippen LogP contribution in [0.2, 0.25) is 0 Å². The summed E-state index contributed by atoms with van der Waals surface area (Å²) in [6.07, 6.45) is -0.00174. The first-order valence-corrected chi connectivity index (χ1v) is 11.4. The lowest BCUT2D eigenvalue weighted by Gasteiger charge is -2.36. The minimum atomic E-state index is -4.58. The highest BCUT2D eigenvalue weighted by Crippen LogP contribution is 2.32. The van der Waals surface area contributed by atoms with Crippen LogP contribution in [-0.2, 0) is 12.7 Å². The fraction of sp³-hybridized carbons (Fsp3) is 0.565. The van der Waals surface area contributed by atoms with Crippen molar-refractivity contribution < 1.29 is 36.6 Å². The lowest BCUT2D eigenvalue weighted by molar-refractivity contribution is -0.141. The molecule has 0 spiro atoms. The van der Waals surface area contributed by atoms with Gasteiger partial charge in [-0.05, 0) is 49.6 Å². The first-order valence-electron chi connectivity index (χ1n) is 11.4. The van der Waals surface area contributed by atoms with Gasteiger partial charge in [0.05, 0.1) is 12.6 Å². The van der Waals surface area contributed by atoms with E-state index in [0.29, 0.717) is 18.0 Å². The first kappa shape index (κ1) is 26.6. The molecule has 2 aromatic rings. The van der Waals surface area contributed by atoms with Gasteiger partial charge in [0.25, 0.3) is 0 Å². The number of hydrogen-bond acceptors (Lipinski definition) is 4. The molecule has 1 fully saturated rings. The van der Waals surface area contributed by atoms with Crippen molar-refractivity contribution in [1.29, 1.82) is 0 Å². The molecule has 1 aromatic heterocycles. The van der Waals surface area contributed by atoms with Crippen LogP contribution in [0.5, 0.6) is 5.75 Å². The van der Waals surface area contributed by atoms with Gasteiger partial charge in [0, 0.05) is 24.5 Å². The van der Waals surface area contributed by atoms with Gasteiger partial charge in [0.2, 0.25) is 0 Å². The van der Waals surface area contributed by atoms with E-state index in [9.17, 15) is 31.9 Å². The summed E-state index contributed by atoms with van der Waals surface area (Å²) in [7, 11) is 0. The Balaban J connectivity index is 1.72. The van der Waals surface area contributed by atoms with E-state index in [1.165, 1.54) is 35.4 Å². The number of benzene rings is 1. The molecule has 12 heteroatoms. The van der Waals surface area contributed by atoms with Crippen molar-refractivity contribution in [2.45, 2.75) is 70.4 Å². The summed E-state index contributed by atoms with van der Waals surface area (Å²) in [4.78, 5) is 13.5. The number of aromatic nitrogens is 2. The lowest BCUT2D eigenvalue weighted by Crippen LogP contribution is -2.50. The highest BCUT2D eigenvalue weighted by molar-refractivity contribution is 5.66. The van der Waals surface area contributed by atoms with Crippen LogP contribution < -0.4 is 10.1 Å². The van der Waals surface area contributed by atoms with Crippen LogP contribution >= 0.6 is 0 Å². The molecule has 2 atom stereocenters. The molecule has 0 aliphatic heterocycles. The molecule has 0 bridgehead atoms. The van der Waals surface area contributed by atoms with Crippen molar-refractivity contribution in [1.82, 2.24) is 14.7 Å². The third-order valence-corrected chi connectivity index (χ3v) is 6.18. The highest BCUT2D eigenvalue weighted by Gasteiger charge is 2.35. The Morgan fingerprint density at radius 3 is 2.43 bits per heavy atom. The number of ether oxygens (including phenoxy) is 1.